The molecule has 0 bridgehead atoms. The summed E-state index contributed by atoms with van der Waals surface area (Å²) in [6.45, 7) is 8.66. The van der Waals surface area contributed by atoms with Crippen LogP contribution in [0.4, 0.5) is 0 Å². The molecule has 2 fully saturated rings. The number of nitrogens with one attached hydrogen (secondary N) is 1. The van der Waals surface area contributed by atoms with Gasteiger partial charge in [0.15, 0.2) is 0 Å². The van der Waals surface area contributed by atoms with E-state index in [1.807, 2.05) is 0 Å². The van der Waals surface area contributed by atoms with Crippen molar-refractivity contribution in [3.8, 4) is 0 Å². The zero-order chi connectivity index (χ0) is 13.1. The van der Waals surface area contributed by atoms with Crippen LogP contribution in [0.1, 0.15) is 59.3 Å². The highest BCUT2D eigenvalue weighted by molar-refractivity contribution is 4.95. The highest BCUT2D eigenvalue weighted by Gasteiger charge is 2.38. The Balaban J connectivity index is 2.11. The summed E-state index contributed by atoms with van der Waals surface area (Å²) in [7, 11) is 2.16. The van der Waals surface area contributed by atoms with E-state index < -0.39 is 0 Å². The number of nitrogens with zero attached hydrogens (tertiary/aromatic N) is 1. The van der Waals surface area contributed by atoms with E-state index in [4.69, 9.17) is 0 Å². The lowest BCUT2D eigenvalue weighted by Crippen LogP contribution is -2.58. The molecule has 5 atom stereocenters. The molecule has 1 saturated carbocycles. The molecule has 2 rings (SSSR count). The van der Waals surface area contributed by atoms with Crippen LogP contribution in [0.15, 0.2) is 0 Å². The van der Waals surface area contributed by atoms with Gasteiger partial charge in [0.25, 0.3) is 0 Å². The van der Waals surface area contributed by atoms with Crippen molar-refractivity contribution in [2.24, 2.45) is 11.8 Å². The highest BCUT2D eigenvalue weighted by atomic mass is 15.2. The predicted molar refractivity (Wildman–Crippen MR) is 78.8 cm³/mol. The van der Waals surface area contributed by atoms with Crippen molar-refractivity contribution < 1.29 is 0 Å². The van der Waals surface area contributed by atoms with E-state index in [1.165, 1.54) is 45.1 Å². The molecule has 106 valence electrons. The van der Waals surface area contributed by atoms with Gasteiger partial charge in [-0.1, -0.05) is 26.7 Å². The van der Waals surface area contributed by atoms with Crippen LogP contribution >= 0.6 is 0 Å². The molecule has 1 aliphatic heterocycles. The summed E-state index contributed by atoms with van der Waals surface area (Å²) in [5, 5.41) is 3.61. The first kappa shape index (κ1) is 14.3. The van der Waals surface area contributed by atoms with E-state index in [9.17, 15) is 0 Å². The van der Waals surface area contributed by atoms with Gasteiger partial charge < -0.3 is 5.32 Å². The van der Waals surface area contributed by atoms with Crippen LogP contribution in [0.5, 0.6) is 0 Å². The van der Waals surface area contributed by atoms with Gasteiger partial charge in [0.2, 0.25) is 0 Å². The molecule has 2 nitrogen and oxygen atoms in total. The summed E-state index contributed by atoms with van der Waals surface area (Å²) >= 11 is 0. The van der Waals surface area contributed by atoms with Crippen LogP contribution in [0.2, 0.25) is 0 Å². The summed E-state index contributed by atoms with van der Waals surface area (Å²) in [4.78, 5) is 2.84. The predicted octanol–water partition coefficient (Wildman–Crippen LogP) is 3.27. The smallest absolute Gasteiger partial charge is 0.0277 e. The van der Waals surface area contributed by atoms with Crippen molar-refractivity contribution >= 4 is 0 Å². The van der Waals surface area contributed by atoms with Crippen LogP contribution in [0, 0.1) is 11.8 Å². The third-order valence-corrected chi connectivity index (χ3v) is 5.28. The Kier molecular flexibility index (Phi) is 5.08. The quantitative estimate of drug-likeness (QED) is 0.811. The second kappa shape index (κ2) is 6.38. The zero-order valence-electron chi connectivity index (χ0n) is 12.8. The Morgan fingerprint density at radius 1 is 1.00 bits per heavy atom. The lowest BCUT2D eigenvalue weighted by atomic mass is 9.75. The van der Waals surface area contributed by atoms with Crippen LogP contribution in [-0.4, -0.2) is 36.6 Å². The Morgan fingerprint density at radius 2 is 1.78 bits per heavy atom. The molecule has 0 spiro atoms. The minimum absolute atomic E-state index is 0.698. The molecule has 1 heterocycles. The van der Waals surface area contributed by atoms with Gasteiger partial charge >= 0.3 is 0 Å². The van der Waals surface area contributed by atoms with E-state index in [-0.39, 0.29) is 0 Å². The van der Waals surface area contributed by atoms with E-state index >= 15 is 0 Å². The largest absolute Gasteiger partial charge is 0.315 e. The van der Waals surface area contributed by atoms with Gasteiger partial charge in [-0.2, -0.15) is 0 Å². The first-order valence-electron chi connectivity index (χ1n) is 8.06. The Hall–Kier alpha value is -0.0800. The van der Waals surface area contributed by atoms with Crippen LogP contribution in [0.25, 0.3) is 0 Å². The van der Waals surface area contributed by atoms with Crippen molar-refractivity contribution in [3.63, 3.8) is 0 Å². The molecule has 5 unspecified atom stereocenters. The number of hydrogen-bond donors (Lipinski definition) is 1. The fourth-order valence-electron chi connectivity index (χ4n) is 4.43. The monoisotopic (exact) mass is 252 g/mol. The first-order valence-corrected chi connectivity index (χ1v) is 8.06. The topological polar surface area (TPSA) is 15.3 Å². The fraction of sp³-hybridized carbons (Fsp3) is 1.00. The van der Waals surface area contributed by atoms with E-state index in [1.54, 1.807) is 0 Å². The van der Waals surface area contributed by atoms with Gasteiger partial charge in [-0.05, 0) is 58.0 Å². The summed E-state index contributed by atoms with van der Waals surface area (Å²) < 4.78 is 0. The summed E-state index contributed by atoms with van der Waals surface area (Å²) in [5.74, 6) is 1.72. The average Bonchev–Trinajstić information content (AvgIpc) is 2.53. The van der Waals surface area contributed by atoms with Crippen molar-refractivity contribution in [2.75, 3.05) is 13.6 Å². The molecule has 1 N–H and O–H groups in total. The Bertz CT molecular complexity index is 253. The Labute approximate surface area is 114 Å². The molecular formula is C16H32N2. The molecule has 2 heteroatoms. The molecule has 1 saturated heterocycles. The van der Waals surface area contributed by atoms with Crippen LogP contribution in [0.3, 0.4) is 0 Å². The molecule has 0 radical (unpaired) electrons. The maximum Gasteiger partial charge on any atom is 0.0277 e. The molecule has 0 aromatic heterocycles. The van der Waals surface area contributed by atoms with Crippen molar-refractivity contribution in [2.45, 2.75) is 77.4 Å². The normalized spacial score (nSPS) is 43.7. The molecule has 0 amide bonds. The van der Waals surface area contributed by atoms with Gasteiger partial charge in [0, 0.05) is 18.1 Å². The maximum atomic E-state index is 3.61. The number of likely N-dealkylation sites (tertiary alicyclic amines) is 1. The molecule has 0 aromatic rings. The van der Waals surface area contributed by atoms with Gasteiger partial charge in [0.05, 0.1) is 0 Å². The third-order valence-electron chi connectivity index (χ3n) is 5.28. The van der Waals surface area contributed by atoms with Gasteiger partial charge in [0.1, 0.15) is 0 Å². The second-order valence-corrected chi connectivity index (χ2v) is 6.88. The van der Waals surface area contributed by atoms with Crippen LogP contribution < -0.4 is 5.32 Å². The van der Waals surface area contributed by atoms with Crippen molar-refractivity contribution in [3.05, 3.63) is 0 Å². The minimum atomic E-state index is 0.698. The lowest BCUT2D eigenvalue weighted by Gasteiger charge is -2.47. The van der Waals surface area contributed by atoms with E-state index in [0.29, 0.717) is 6.04 Å². The number of rotatable bonds is 2. The third kappa shape index (κ3) is 3.08. The fourth-order valence-corrected chi connectivity index (χ4v) is 4.43. The molecular weight excluding hydrogens is 220 g/mol. The zero-order valence-corrected chi connectivity index (χ0v) is 12.8. The van der Waals surface area contributed by atoms with Crippen molar-refractivity contribution in [1.82, 2.24) is 10.2 Å². The number of hydrogen-bond acceptors (Lipinski definition) is 2. The maximum absolute atomic E-state index is 3.61. The van der Waals surface area contributed by atoms with Gasteiger partial charge in [-0.25, -0.2) is 0 Å². The van der Waals surface area contributed by atoms with Crippen LogP contribution in [-0.2, 0) is 0 Å². The van der Waals surface area contributed by atoms with Crippen molar-refractivity contribution in [1.29, 1.82) is 0 Å². The lowest BCUT2D eigenvalue weighted by molar-refractivity contribution is 0.0391. The summed E-state index contributed by atoms with van der Waals surface area (Å²) in [6, 6.07) is 2.24. The molecule has 1 aliphatic carbocycles. The first-order chi connectivity index (χ1) is 8.63. The summed E-state index contributed by atoms with van der Waals surface area (Å²) in [5.41, 5.74) is 0. The standard InChI is InChI=1S/C16H32N2/c1-12-10-13(2)16(15(11-12)17-4)18-9-7-5-6-8-14(18)3/h12-17H,5-11H2,1-4H3. The van der Waals surface area contributed by atoms with Gasteiger partial charge in [-0.15, -0.1) is 0 Å². The van der Waals surface area contributed by atoms with E-state index in [0.717, 1.165) is 23.9 Å². The molecule has 2 aliphatic rings. The van der Waals surface area contributed by atoms with Gasteiger partial charge in [-0.3, -0.25) is 4.90 Å². The van der Waals surface area contributed by atoms with E-state index in [2.05, 4.69) is 38.0 Å². The second-order valence-electron chi connectivity index (χ2n) is 6.88. The highest BCUT2D eigenvalue weighted by Crippen LogP contribution is 2.34. The molecule has 18 heavy (non-hydrogen) atoms. The minimum Gasteiger partial charge on any atom is -0.315 e. The SMILES string of the molecule is CNC1CC(C)CC(C)C1N1CCCCCC1C. The number of likely N-dealkylation sites (N-methyl/N-ethyl adjacent to an activating group) is 1. The molecule has 0 aromatic carbocycles. The average molecular weight is 252 g/mol. The summed E-state index contributed by atoms with van der Waals surface area (Å²) in [6.07, 6.45) is 8.43. The Morgan fingerprint density at radius 3 is 2.50 bits per heavy atom.